The monoisotopic (exact) mass is 442 g/mol. The molecule has 27 heavy (non-hydrogen) atoms. The number of rotatable bonds is 6. The van der Waals surface area contributed by atoms with Crippen molar-refractivity contribution >= 4 is 54.4 Å². The van der Waals surface area contributed by atoms with Crippen molar-refractivity contribution in [3.05, 3.63) is 70.6 Å². The molecule has 0 bridgehead atoms. The Morgan fingerprint density at radius 2 is 1.48 bits per heavy atom. The predicted molar refractivity (Wildman–Crippen MR) is 109 cm³/mol. The molecule has 0 atom stereocenters. The third-order valence-electron chi connectivity index (χ3n) is 3.60. The second-order valence-corrected chi connectivity index (χ2v) is 10.6. The fraction of sp³-hybridized carbons (Fsp3) is 0.0588. The Morgan fingerprint density at radius 1 is 0.852 bits per heavy atom. The van der Waals surface area contributed by atoms with Crippen LogP contribution in [0.15, 0.2) is 69.1 Å². The molecule has 2 N–H and O–H groups in total. The lowest BCUT2D eigenvalue weighted by Gasteiger charge is -2.10. The summed E-state index contributed by atoms with van der Waals surface area (Å²) in [4.78, 5) is -0.00160. The van der Waals surface area contributed by atoms with Gasteiger partial charge in [-0.3, -0.25) is 9.44 Å². The molecular weight excluding hydrogens is 428 g/mol. The number of benzene rings is 2. The van der Waals surface area contributed by atoms with Crippen LogP contribution in [0.2, 0.25) is 5.02 Å². The van der Waals surface area contributed by atoms with E-state index in [0.29, 0.717) is 10.7 Å². The minimum Gasteiger partial charge on any atom is -0.280 e. The van der Waals surface area contributed by atoms with Crippen LogP contribution in [0, 0.1) is 6.92 Å². The van der Waals surface area contributed by atoms with Crippen molar-refractivity contribution in [2.45, 2.75) is 16.0 Å². The van der Waals surface area contributed by atoms with Crippen molar-refractivity contribution in [1.82, 2.24) is 0 Å². The van der Waals surface area contributed by atoms with Gasteiger partial charge in [-0.25, -0.2) is 16.8 Å². The second kappa shape index (κ2) is 7.51. The zero-order valence-corrected chi connectivity index (χ0v) is 17.2. The molecule has 0 spiro atoms. The van der Waals surface area contributed by atoms with Gasteiger partial charge in [0.1, 0.15) is 4.21 Å². The largest absolute Gasteiger partial charge is 0.280 e. The second-order valence-electron chi connectivity index (χ2n) is 5.63. The van der Waals surface area contributed by atoms with Gasteiger partial charge in [-0.05, 0) is 60.3 Å². The lowest BCUT2D eigenvalue weighted by atomic mass is 10.2. The zero-order chi connectivity index (χ0) is 19.7. The normalized spacial score (nSPS) is 11.9. The van der Waals surface area contributed by atoms with E-state index in [2.05, 4.69) is 9.44 Å². The summed E-state index contributed by atoms with van der Waals surface area (Å²) in [6.45, 7) is 1.82. The lowest BCUT2D eigenvalue weighted by Crippen LogP contribution is -2.14. The zero-order valence-electron chi connectivity index (χ0n) is 14.0. The summed E-state index contributed by atoms with van der Waals surface area (Å²) >= 11 is 7.11. The van der Waals surface area contributed by atoms with Crippen molar-refractivity contribution in [1.29, 1.82) is 0 Å². The van der Waals surface area contributed by atoms with E-state index in [4.69, 9.17) is 11.6 Å². The number of hydrogen-bond donors (Lipinski definition) is 2. The van der Waals surface area contributed by atoms with Gasteiger partial charge in [-0.2, -0.15) is 0 Å². The van der Waals surface area contributed by atoms with Gasteiger partial charge in [0.15, 0.2) is 0 Å². The van der Waals surface area contributed by atoms with Crippen molar-refractivity contribution in [3.8, 4) is 0 Å². The fourth-order valence-electron chi connectivity index (χ4n) is 2.19. The Labute approximate surface area is 166 Å². The number of halogens is 1. The molecule has 3 rings (SSSR count). The third-order valence-corrected chi connectivity index (χ3v) is 8.18. The van der Waals surface area contributed by atoms with Crippen LogP contribution >= 0.6 is 22.9 Å². The number of hydrogen-bond acceptors (Lipinski definition) is 5. The summed E-state index contributed by atoms with van der Waals surface area (Å²) < 4.78 is 54.4. The summed E-state index contributed by atoms with van der Waals surface area (Å²) in [5.41, 5.74) is 1.44. The molecule has 2 aromatic carbocycles. The molecule has 0 unspecified atom stereocenters. The van der Waals surface area contributed by atoms with Crippen LogP contribution in [0.4, 0.5) is 11.4 Å². The summed E-state index contributed by atoms with van der Waals surface area (Å²) in [6, 6.07) is 13.4. The Hall–Kier alpha value is -2.07. The van der Waals surface area contributed by atoms with E-state index in [1.807, 2.05) is 6.92 Å². The van der Waals surface area contributed by atoms with E-state index in [1.165, 1.54) is 36.4 Å². The maximum atomic E-state index is 12.5. The topological polar surface area (TPSA) is 92.3 Å². The van der Waals surface area contributed by atoms with Gasteiger partial charge in [-0.1, -0.05) is 23.7 Å². The van der Waals surface area contributed by atoms with Crippen LogP contribution in [0.25, 0.3) is 0 Å². The first-order chi connectivity index (χ1) is 12.7. The lowest BCUT2D eigenvalue weighted by molar-refractivity contribution is 0.600. The van der Waals surface area contributed by atoms with E-state index in [0.717, 1.165) is 16.9 Å². The molecule has 0 aliphatic carbocycles. The molecule has 1 heterocycles. The van der Waals surface area contributed by atoms with Crippen LogP contribution in [0.5, 0.6) is 0 Å². The van der Waals surface area contributed by atoms with Crippen LogP contribution < -0.4 is 9.44 Å². The van der Waals surface area contributed by atoms with Gasteiger partial charge in [-0.15, -0.1) is 11.3 Å². The average Bonchev–Trinajstić information content (AvgIpc) is 3.14. The van der Waals surface area contributed by atoms with E-state index in [-0.39, 0.29) is 14.8 Å². The fourth-order valence-corrected chi connectivity index (χ4v) is 5.48. The molecule has 0 amide bonds. The van der Waals surface area contributed by atoms with Crippen LogP contribution in [0.1, 0.15) is 5.56 Å². The molecule has 0 fully saturated rings. The third kappa shape index (κ3) is 4.62. The smallest absolute Gasteiger partial charge is 0.271 e. The van der Waals surface area contributed by atoms with Gasteiger partial charge in [0, 0.05) is 10.7 Å². The molecule has 1 aromatic heterocycles. The summed E-state index contributed by atoms with van der Waals surface area (Å²) in [7, 11) is -7.52. The molecular formula is C17H15ClN2O4S3. The molecule has 0 saturated heterocycles. The Morgan fingerprint density at radius 3 is 2.07 bits per heavy atom. The number of thiophene rings is 1. The Bertz CT molecular complexity index is 1160. The first kappa shape index (κ1) is 19.7. The molecule has 0 aliphatic heterocycles. The van der Waals surface area contributed by atoms with Gasteiger partial charge in [0.25, 0.3) is 20.0 Å². The minimum atomic E-state index is -3.83. The molecule has 0 aliphatic rings. The Balaban J connectivity index is 1.78. The van der Waals surface area contributed by atoms with Crippen molar-refractivity contribution in [2.24, 2.45) is 0 Å². The number of aryl methyl sites for hydroxylation is 1. The maximum absolute atomic E-state index is 12.5. The van der Waals surface area contributed by atoms with Crippen LogP contribution in [0.3, 0.4) is 0 Å². The Kier molecular flexibility index (Phi) is 5.48. The molecule has 142 valence electrons. The molecule has 0 saturated carbocycles. The number of anilines is 2. The van der Waals surface area contributed by atoms with E-state index in [1.54, 1.807) is 23.6 Å². The highest BCUT2D eigenvalue weighted by Gasteiger charge is 2.17. The van der Waals surface area contributed by atoms with Crippen LogP contribution in [-0.4, -0.2) is 16.8 Å². The van der Waals surface area contributed by atoms with Crippen molar-refractivity contribution in [2.75, 3.05) is 9.44 Å². The van der Waals surface area contributed by atoms with Crippen molar-refractivity contribution in [3.63, 3.8) is 0 Å². The van der Waals surface area contributed by atoms with E-state index in [9.17, 15) is 16.8 Å². The van der Waals surface area contributed by atoms with Crippen molar-refractivity contribution < 1.29 is 16.8 Å². The molecule has 0 radical (unpaired) electrons. The highest BCUT2D eigenvalue weighted by Crippen LogP contribution is 2.24. The highest BCUT2D eigenvalue weighted by atomic mass is 35.5. The first-order valence-corrected chi connectivity index (χ1v) is 11.9. The molecule has 10 heteroatoms. The van der Waals surface area contributed by atoms with E-state index < -0.39 is 20.0 Å². The number of sulfonamides is 2. The van der Waals surface area contributed by atoms with Gasteiger partial charge < -0.3 is 0 Å². The highest BCUT2D eigenvalue weighted by molar-refractivity contribution is 7.94. The minimum absolute atomic E-state index is 0.00160. The summed E-state index contributed by atoms with van der Waals surface area (Å²) in [5, 5.41) is 2.11. The average molecular weight is 443 g/mol. The standard InChI is InChI=1S/C17H15ClN2O4S3/c1-12-4-5-14(11-16(12)18)20-26(21,22)15-8-6-13(7-9-15)19-27(23,24)17-3-2-10-25-17/h2-11,19-20H,1H3. The summed E-state index contributed by atoms with van der Waals surface area (Å²) in [5.74, 6) is 0. The summed E-state index contributed by atoms with van der Waals surface area (Å²) in [6.07, 6.45) is 0. The van der Waals surface area contributed by atoms with Gasteiger partial charge in [0.05, 0.1) is 10.6 Å². The quantitative estimate of drug-likeness (QED) is 0.594. The maximum Gasteiger partial charge on any atom is 0.271 e. The van der Waals surface area contributed by atoms with Crippen LogP contribution in [-0.2, 0) is 20.0 Å². The van der Waals surface area contributed by atoms with Gasteiger partial charge in [0.2, 0.25) is 0 Å². The SMILES string of the molecule is Cc1ccc(NS(=O)(=O)c2ccc(NS(=O)(=O)c3cccs3)cc2)cc1Cl. The first-order valence-electron chi connectivity index (χ1n) is 7.63. The molecule has 3 aromatic rings. The molecule has 6 nitrogen and oxygen atoms in total. The predicted octanol–water partition coefficient (Wildman–Crippen LogP) is 4.31. The number of nitrogens with one attached hydrogen (secondary N) is 2. The van der Waals surface area contributed by atoms with E-state index >= 15 is 0 Å². The van der Waals surface area contributed by atoms with Gasteiger partial charge >= 0.3 is 0 Å².